The number of hydrogen-bond donors (Lipinski definition) is 1. The number of nitrogens with zero attached hydrogens (tertiary/aromatic N) is 2. The minimum absolute atomic E-state index is 0.243. The molecule has 0 saturated heterocycles. The van der Waals surface area contributed by atoms with Crippen LogP contribution in [0, 0.1) is 0 Å². The summed E-state index contributed by atoms with van der Waals surface area (Å²) in [5.74, 6) is 0.270. The van der Waals surface area contributed by atoms with Crippen LogP contribution in [0.4, 0.5) is 13.2 Å². The van der Waals surface area contributed by atoms with Gasteiger partial charge in [-0.2, -0.15) is 13.2 Å². The molecule has 29 heavy (non-hydrogen) atoms. The number of halogens is 4. The van der Waals surface area contributed by atoms with Crippen molar-refractivity contribution in [3.05, 3.63) is 86.3 Å². The van der Waals surface area contributed by atoms with E-state index >= 15 is 0 Å². The molecule has 0 spiro atoms. The van der Waals surface area contributed by atoms with E-state index in [4.69, 9.17) is 11.6 Å². The van der Waals surface area contributed by atoms with Gasteiger partial charge in [0.2, 0.25) is 0 Å². The van der Waals surface area contributed by atoms with Gasteiger partial charge in [-0.25, -0.2) is 4.98 Å². The van der Waals surface area contributed by atoms with E-state index in [1.165, 1.54) is 12.1 Å². The van der Waals surface area contributed by atoms with Crippen LogP contribution in [0.25, 0.3) is 11.4 Å². The number of alkyl halides is 3. The van der Waals surface area contributed by atoms with E-state index in [0.29, 0.717) is 47.9 Å². The Labute approximate surface area is 170 Å². The van der Waals surface area contributed by atoms with E-state index in [2.05, 4.69) is 14.9 Å². The first-order valence-electron chi connectivity index (χ1n) is 9.06. The highest BCUT2D eigenvalue weighted by Crippen LogP contribution is 2.30. The highest BCUT2D eigenvalue weighted by atomic mass is 35.5. The Morgan fingerprint density at radius 2 is 1.90 bits per heavy atom. The van der Waals surface area contributed by atoms with E-state index in [-0.39, 0.29) is 11.4 Å². The summed E-state index contributed by atoms with van der Waals surface area (Å²) in [6, 6.07) is 12.2. The summed E-state index contributed by atoms with van der Waals surface area (Å²) in [5, 5.41) is 0.666. The molecule has 0 fully saturated rings. The first-order chi connectivity index (χ1) is 13.8. The monoisotopic (exact) mass is 419 g/mol. The second-order valence-corrected chi connectivity index (χ2v) is 7.44. The minimum atomic E-state index is -4.41. The van der Waals surface area contributed by atoms with Gasteiger partial charge in [0.05, 0.1) is 11.3 Å². The van der Waals surface area contributed by atoms with Gasteiger partial charge < -0.3 is 4.98 Å². The highest BCUT2D eigenvalue weighted by Gasteiger charge is 2.30. The third kappa shape index (κ3) is 4.36. The maximum atomic E-state index is 12.8. The molecule has 1 aliphatic rings. The van der Waals surface area contributed by atoms with Crippen molar-refractivity contribution in [1.82, 2.24) is 14.9 Å². The lowest BCUT2D eigenvalue weighted by molar-refractivity contribution is -0.137. The van der Waals surface area contributed by atoms with Crippen LogP contribution in [-0.2, 0) is 25.7 Å². The van der Waals surface area contributed by atoms with Crippen LogP contribution < -0.4 is 5.56 Å². The van der Waals surface area contributed by atoms with Crippen molar-refractivity contribution in [2.45, 2.75) is 25.7 Å². The van der Waals surface area contributed by atoms with E-state index in [0.717, 1.165) is 17.7 Å². The molecule has 150 valence electrons. The number of benzene rings is 2. The molecule has 0 unspecified atom stereocenters. The molecule has 4 rings (SSSR count). The Balaban J connectivity index is 1.59. The molecular formula is C21H17ClF3N3O. The first-order valence-corrected chi connectivity index (χ1v) is 9.44. The molecule has 8 heteroatoms. The maximum absolute atomic E-state index is 12.8. The zero-order valence-corrected chi connectivity index (χ0v) is 16.0. The van der Waals surface area contributed by atoms with Gasteiger partial charge in [0.25, 0.3) is 5.56 Å². The van der Waals surface area contributed by atoms with E-state index in [1.807, 2.05) is 24.3 Å². The Hall–Kier alpha value is -2.64. The molecule has 2 heterocycles. The predicted molar refractivity (Wildman–Crippen MR) is 105 cm³/mol. The molecule has 0 amide bonds. The Morgan fingerprint density at radius 3 is 2.59 bits per heavy atom. The molecule has 0 atom stereocenters. The zero-order chi connectivity index (χ0) is 20.6. The van der Waals surface area contributed by atoms with Crippen LogP contribution >= 0.6 is 11.6 Å². The van der Waals surface area contributed by atoms with Crippen molar-refractivity contribution in [2.24, 2.45) is 0 Å². The molecule has 3 aromatic rings. The molecule has 4 nitrogen and oxygen atoms in total. The molecule has 0 radical (unpaired) electrons. The van der Waals surface area contributed by atoms with Gasteiger partial charge in [-0.15, -0.1) is 0 Å². The van der Waals surface area contributed by atoms with Gasteiger partial charge in [0.15, 0.2) is 0 Å². The van der Waals surface area contributed by atoms with Crippen LogP contribution in [0.3, 0.4) is 0 Å². The normalized spacial score (nSPS) is 14.6. The predicted octanol–water partition coefficient (Wildman–Crippen LogP) is 4.67. The van der Waals surface area contributed by atoms with Gasteiger partial charge >= 0.3 is 6.18 Å². The number of rotatable bonds is 3. The van der Waals surface area contributed by atoms with Gasteiger partial charge in [-0.3, -0.25) is 9.69 Å². The number of aromatic nitrogens is 2. The quantitative estimate of drug-likeness (QED) is 0.671. The minimum Gasteiger partial charge on any atom is -0.306 e. The van der Waals surface area contributed by atoms with E-state index < -0.39 is 11.7 Å². The fourth-order valence-corrected chi connectivity index (χ4v) is 3.69. The molecule has 2 aromatic carbocycles. The number of fused-ring (bicyclic) bond motifs is 1. The Bertz CT molecular complexity index is 1090. The Morgan fingerprint density at radius 1 is 1.14 bits per heavy atom. The van der Waals surface area contributed by atoms with Crippen molar-refractivity contribution in [3.63, 3.8) is 0 Å². The third-order valence-corrected chi connectivity index (χ3v) is 5.17. The number of aromatic amines is 1. The largest absolute Gasteiger partial charge is 0.416 e. The van der Waals surface area contributed by atoms with Crippen molar-refractivity contribution < 1.29 is 13.2 Å². The molecule has 0 saturated carbocycles. The second-order valence-electron chi connectivity index (χ2n) is 7.01. The van der Waals surface area contributed by atoms with Crippen LogP contribution in [0.15, 0.2) is 53.3 Å². The van der Waals surface area contributed by atoms with Crippen molar-refractivity contribution in [1.29, 1.82) is 0 Å². The Kier molecular flexibility index (Phi) is 5.19. The van der Waals surface area contributed by atoms with E-state index in [1.54, 1.807) is 0 Å². The number of hydrogen-bond acceptors (Lipinski definition) is 3. The average Bonchev–Trinajstić information content (AvgIpc) is 2.67. The number of nitrogens with one attached hydrogen (secondary N) is 1. The maximum Gasteiger partial charge on any atom is 0.416 e. The second kappa shape index (κ2) is 7.65. The van der Waals surface area contributed by atoms with Gasteiger partial charge in [0, 0.05) is 35.8 Å². The van der Waals surface area contributed by atoms with Crippen molar-refractivity contribution in [2.75, 3.05) is 6.54 Å². The van der Waals surface area contributed by atoms with Crippen molar-refractivity contribution >= 4 is 11.6 Å². The molecular weight excluding hydrogens is 403 g/mol. The average molecular weight is 420 g/mol. The summed E-state index contributed by atoms with van der Waals surface area (Å²) in [7, 11) is 0. The molecule has 1 aliphatic heterocycles. The summed E-state index contributed by atoms with van der Waals surface area (Å²) in [4.78, 5) is 21.9. The van der Waals surface area contributed by atoms with Crippen LogP contribution in [0.5, 0.6) is 0 Å². The standard InChI is InChI=1S/C21H17ClF3N3O/c22-16-3-1-2-13(10-16)11-28-9-8-17-18(12-28)26-19(27-20(17)29)14-4-6-15(7-5-14)21(23,24)25/h1-7,10H,8-9,11-12H2,(H,26,27,29). The molecule has 0 bridgehead atoms. The van der Waals surface area contributed by atoms with Crippen LogP contribution in [0.2, 0.25) is 5.02 Å². The summed E-state index contributed by atoms with van der Waals surface area (Å²) < 4.78 is 38.3. The van der Waals surface area contributed by atoms with Gasteiger partial charge in [-0.1, -0.05) is 35.9 Å². The first kappa shape index (κ1) is 19.7. The van der Waals surface area contributed by atoms with Crippen LogP contribution in [0.1, 0.15) is 22.4 Å². The number of H-pyrrole nitrogens is 1. The lowest BCUT2D eigenvalue weighted by atomic mass is 10.0. The smallest absolute Gasteiger partial charge is 0.306 e. The lowest BCUT2D eigenvalue weighted by Gasteiger charge is -2.27. The van der Waals surface area contributed by atoms with E-state index in [9.17, 15) is 18.0 Å². The summed E-state index contributed by atoms with van der Waals surface area (Å²) in [6.45, 7) is 1.87. The third-order valence-electron chi connectivity index (χ3n) is 4.93. The fraction of sp³-hybridized carbons (Fsp3) is 0.238. The summed E-state index contributed by atoms with van der Waals surface area (Å²) in [5.41, 5.74) is 1.79. The highest BCUT2D eigenvalue weighted by molar-refractivity contribution is 6.30. The topological polar surface area (TPSA) is 49.0 Å². The van der Waals surface area contributed by atoms with Gasteiger partial charge in [0.1, 0.15) is 5.82 Å². The molecule has 1 N–H and O–H groups in total. The SMILES string of the molecule is O=c1[nH]c(-c2ccc(C(F)(F)F)cc2)nc2c1CCN(Cc1cccc(Cl)c1)C2. The molecule has 0 aliphatic carbocycles. The molecule has 1 aromatic heterocycles. The van der Waals surface area contributed by atoms with Gasteiger partial charge in [-0.05, 0) is 36.2 Å². The zero-order valence-electron chi connectivity index (χ0n) is 15.3. The summed E-state index contributed by atoms with van der Waals surface area (Å²) >= 11 is 6.05. The lowest BCUT2D eigenvalue weighted by Crippen LogP contribution is -2.35. The fourth-order valence-electron chi connectivity index (χ4n) is 3.48. The van der Waals surface area contributed by atoms with Crippen molar-refractivity contribution in [3.8, 4) is 11.4 Å². The van der Waals surface area contributed by atoms with Crippen LogP contribution in [-0.4, -0.2) is 21.4 Å². The summed E-state index contributed by atoms with van der Waals surface area (Å²) in [6.07, 6.45) is -3.85.